The molecule has 7 aromatic rings. The molecule has 3 aromatic heterocycles. The smallest absolute Gasteiger partial charge is 0.120 e. The van der Waals surface area contributed by atoms with Crippen LogP contribution >= 0.6 is 0 Å². The molecule has 5 heteroatoms. The maximum absolute atomic E-state index is 9.54. The van der Waals surface area contributed by atoms with Gasteiger partial charge in [-0.2, -0.15) is 0 Å². The Balaban J connectivity index is 0.000000265. The van der Waals surface area contributed by atoms with E-state index in [0.717, 1.165) is 98.0 Å². The largest absolute Gasteiger partial charge is 0.501 e. The minimum atomic E-state index is -2.08. The fraction of sp³-hybridized carbons (Fsp3) is 0.346. The normalized spacial score (nSPS) is 17.1. The van der Waals surface area contributed by atoms with Gasteiger partial charge in [-0.1, -0.05) is 128 Å². The fourth-order valence-corrected chi connectivity index (χ4v) is 8.68. The third-order valence-electron chi connectivity index (χ3n) is 11.2. The molecule has 1 saturated carbocycles. The SMILES string of the molecule is [2H]C(C)(C)c1cc(C2([2H])CCC(C)(C)CC2)cc(C([2H])(C)C)c1-c1ccnc(-c2[c-]ccc3c2oc2ccccc23)c1.[2H]C([2H])([2H])c1c[c-]c(-c2ccc([Si](C)(C)C)cn2)cc1.[Ir]. The molecule has 1 fully saturated rings. The predicted octanol–water partition coefficient (Wildman–Crippen LogP) is 14.4. The molecule has 0 bridgehead atoms. The molecule has 0 saturated heterocycles. The van der Waals surface area contributed by atoms with Gasteiger partial charge >= 0.3 is 0 Å². The van der Waals surface area contributed by atoms with Gasteiger partial charge in [-0.15, -0.1) is 53.6 Å². The Morgan fingerprint density at radius 3 is 2.18 bits per heavy atom. The Morgan fingerprint density at radius 1 is 0.842 bits per heavy atom. The van der Waals surface area contributed by atoms with Crippen LogP contribution in [-0.4, -0.2) is 18.0 Å². The van der Waals surface area contributed by atoms with E-state index >= 15 is 0 Å². The van der Waals surface area contributed by atoms with Crippen LogP contribution in [0.4, 0.5) is 0 Å². The number of pyridine rings is 2. The quantitative estimate of drug-likeness (QED) is 0.118. The number of furan rings is 1. The molecule has 57 heavy (non-hydrogen) atoms. The van der Waals surface area contributed by atoms with Gasteiger partial charge in [0.15, 0.2) is 0 Å². The van der Waals surface area contributed by atoms with E-state index in [1.807, 2.05) is 82.4 Å². The number of para-hydroxylation sites is 1. The Hall–Kier alpha value is -4.15. The van der Waals surface area contributed by atoms with Crippen LogP contribution in [0.15, 0.2) is 108 Å². The van der Waals surface area contributed by atoms with E-state index in [4.69, 9.17) is 13.5 Å². The first-order valence-corrected chi connectivity index (χ1v) is 23.3. The molecule has 0 amide bonds. The first kappa shape index (κ1) is 34.8. The third kappa shape index (κ3) is 9.44. The van der Waals surface area contributed by atoms with Crippen molar-refractivity contribution in [2.45, 2.75) is 111 Å². The van der Waals surface area contributed by atoms with Crippen molar-refractivity contribution in [3.05, 3.63) is 138 Å². The number of benzene rings is 4. The number of aromatic nitrogens is 2. The number of aryl methyl sites for hydroxylation is 1. The summed E-state index contributed by atoms with van der Waals surface area (Å²) in [5, 5.41) is 3.38. The van der Waals surface area contributed by atoms with Crippen LogP contribution in [0.5, 0.6) is 0 Å². The van der Waals surface area contributed by atoms with Crippen LogP contribution in [0.2, 0.25) is 19.6 Å². The number of hydrogen-bond acceptors (Lipinski definition) is 3. The van der Waals surface area contributed by atoms with Crippen LogP contribution in [0.25, 0.3) is 55.6 Å². The summed E-state index contributed by atoms with van der Waals surface area (Å²) in [7, 11) is -1.34. The Labute approximate surface area is 364 Å². The van der Waals surface area contributed by atoms with Crippen molar-refractivity contribution >= 4 is 35.2 Å². The van der Waals surface area contributed by atoms with E-state index in [-0.39, 0.29) is 25.5 Å². The topological polar surface area (TPSA) is 38.9 Å². The van der Waals surface area contributed by atoms with Crippen molar-refractivity contribution in [1.29, 1.82) is 0 Å². The zero-order chi connectivity index (χ0) is 45.0. The second-order valence-corrected chi connectivity index (χ2v) is 22.6. The van der Waals surface area contributed by atoms with E-state index in [9.17, 15) is 4.11 Å². The van der Waals surface area contributed by atoms with Gasteiger partial charge in [-0.25, -0.2) is 0 Å². The minimum absolute atomic E-state index is 0. The molecule has 3 heterocycles. The summed E-state index contributed by atoms with van der Waals surface area (Å²) in [5.74, 6) is -2.60. The zero-order valence-corrected chi connectivity index (χ0v) is 38.2. The third-order valence-corrected chi connectivity index (χ3v) is 13.2. The zero-order valence-electron chi connectivity index (χ0n) is 40.8. The molecule has 297 valence electrons. The van der Waals surface area contributed by atoms with Gasteiger partial charge in [0.25, 0.3) is 0 Å². The molecule has 8 rings (SSSR count). The van der Waals surface area contributed by atoms with Crippen LogP contribution < -0.4 is 5.19 Å². The molecule has 0 spiro atoms. The summed E-state index contributed by atoms with van der Waals surface area (Å²) in [6.45, 7) is 17.0. The van der Waals surface area contributed by atoms with Gasteiger partial charge < -0.3 is 14.4 Å². The molecule has 0 N–H and O–H groups in total. The average Bonchev–Trinajstić information content (AvgIpc) is 3.60. The van der Waals surface area contributed by atoms with Gasteiger partial charge in [-0.3, -0.25) is 0 Å². The van der Waals surface area contributed by atoms with Crippen molar-refractivity contribution in [3.8, 4) is 33.6 Å². The van der Waals surface area contributed by atoms with Crippen molar-refractivity contribution in [2.24, 2.45) is 5.41 Å². The Kier molecular flexibility index (Phi) is 10.6. The summed E-state index contributed by atoms with van der Waals surface area (Å²) in [6, 6.07) is 35.5. The van der Waals surface area contributed by atoms with Crippen LogP contribution in [0, 0.1) is 24.4 Å². The van der Waals surface area contributed by atoms with Crippen molar-refractivity contribution in [3.63, 3.8) is 0 Å². The molecule has 3 nitrogen and oxygen atoms in total. The molecule has 0 atom stereocenters. The first-order chi connectivity index (χ1) is 28.8. The number of fused-ring (bicyclic) bond motifs is 3. The van der Waals surface area contributed by atoms with Crippen LogP contribution in [0.3, 0.4) is 0 Å². The van der Waals surface area contributed by atoms with E-state index in [1.165, 1.54) is 11.3 Å². The van der Waals surface area contributed by atoms with Crippen molar-refractivity contribution < 1.29 is 32.7 Å². The maximum Gasteiger partial charge on any atom is 0.120 e. The minimum Gasteiger partial charge on any atom is -0.501 e. The predicted molar refractivity (Wildman–Crippen MR) is 241 cm³/mol. The molecule has 0 unspecified atom stereocenters. The molecule has 1 aliphatic carbocycles. The molecule has 1 aliphatic rings. The summed E-state index contributed by atoms with van der Waals surface area (Å²) in [5.41, 5.74) is 9.69. The van der Waals surface area contributed by atoms with E-state index in [2.05, 4.69) is 74.9 Å². The second kappa shape index (κ2) is 17.4. The van der Waals surface area contributed by atoms with Gasteiger partial charge in [0, 0.05) is 46.1 Å². The summed E-state index contributed by atoms with van der Waals surface area (Å²) in [4.78, 5) is 9.21. The fourth-order valence-electron chi connectivity index (χ4n) is 7.65. The monoisotopic (exact) mass is 953 g/mol. The second-order valence-electron chi connectivity index (χ2n) is 17.5. The average molecular weight is 953 g/mol. The molecule has 1 radical (unpaired) electrons. The molecule has 0 aliphatic heterocycles. The van der Waals surface area contributed by atoms with E-state index in [1.54, 1.807) is 18.3 Å². The summed E-state index contributed by atoms with van der Waals surface area (Å²) >= 11 is 0. The Bertz CT molecular complexity index is 2620. The van der Waals surface area contributed by atoms with Crippen molar-refractivity contribution in [1.82, 2.24) is 9.97 Å². The van der Waals surface area contributed by atoms with Crippen LogP contribution in [0.1, 0.15) is 115 Å². The summed E-state index contributed by atoms with van der Waals surface area (Å²) < 4.78 is 56.3. The van der Waals surface area contributed by atoms with Gasteiger partial charge in [0.05, 0.1) is 13.7 Å². The summed E-state index contributed by atoms with van der Waals surface area (Å²) in [6.07, 6.45) is 7.28. The van der Waals surface area contributed by atoms with Crippen LogP contribution in [-0.2, 0) is 20.1 Å². The molecule has 4 aromatic carbocycles. The number of nitrogens with zero attached hydrogens (tertiary/aromatic N) is 2. The Morgan fingerprint density at radius 2 is 1.56 bits per heavy atom. The van der Waals surface area contributed by atoms with Crippen molar-refractivity contribution in [2.75, 3.05) is 0 Å². The first-order valence-electron chi connectivity index (χ1n) is 22.8. The number of hydrogen-bond donors (Lipinski definition) is 0. The maximum atomic E-state index is 9.54. The van der Waals surface area contributed by atoms with Gasteiger partial charge in [-0.05, 0) is 105 Å². The molecular formula is C52H58IrN2OSi-2. The van der Waals surface area contributed by atoms with Gasteiger partial charge in [0.2, 0.25) is 0 Å². The molecular weight excluding hydrogens is 889 g/mol. The van der Waals surface area contributed by atoms with E-state index < -0.39 is 32.6 Å². The number of rotatable bonds is 7. The van der Waals surface area contributed by atoms with Gasteiger partial charge in [0.1, 0.15) is 5.58 Å². The standard InChI is InChI=1S/C37H40NO.C15H18NSi.Ir/c1-23(2)31-20-27(25-14-17-37(5,6)18-15-25)21-32(24(3)4)35(31)26-16-19-38-33(22-26)30-12-9-11-29-28-10-7-8-13-34(28)39-36(29)30;1-12-5-7-13(8-6-12)15-10-9-14(11-16-15)17(2,3)4;/h7-11,13,16,19-25H,14-15,17-18H2,1-6H3;5-7,9-11H,1-4H3;/q2*-1;/i23D,24D,25D;1D3;. The van der Waals surface area contributed by atoms with E-state index in [0.29, 0.717) is 5.56 Å².